The molecule has 7 nitrogen and oxygen atoms in total. The molecule has 32 heavy (non-hydrogen) atoms. The Balaban J connectivity index is 1.32. The topological polar surface area (TPSA) is 101 Å². The van der Waals surface area contributed by atoms with Gasteiger partial charge in [-0.2, -0.15) is 0 Å². The van der Waals surface area contributed by atoms with E-state index in [0.717, 1.165) is 19.3 Å². The summed E-state index contributed by atoms with van der Waals surface area (Å²) in [4.78, 5) is 35.0. The van der Waals surface area contributed by atoms with Crippen molar-refractivity contribution in [2.24, 2.45) is 34.5 Å². The van der Waals surface area contributed by atoms with Gasteiger partial charge in [0, 0.05) is 24.9 Å². The molecule has 7 heteroatoms. The van der Waals surface area contributed by atoms with Gasteiger partial charge in [-0.05, 0) is 73.7 Å². The minimum absolute atomic E-state index is 0.00604. The largest absolute Gasteiger partial charge is 0.382 e. The number of aromatic nitrogens is 2. The molecule has 0 bridgehead atoms. The third-order valence-electron chi connectivity index (χ3n) is 9.77. The number of carbonyl (C=O) groups excluding carboxylic acids is 2. The van der Waals surface area contributed by atoms with Crippen LogP contribution < -0.4 is 11.1 Å². The SMILES string of the molecule is CN1C(=O)C=C[C@]2(C)[C@H]3CC[C@]4(C)[C@@H](CC(=O)Nc5cncnc5N)CC[C@H]4[C@@H]3CC[C@@H]12. The van der Waals surface area contributed by atoms with Gasteiger partial charge in [0.2, 0.25) is 11.8 Å². The van der Waals surface area contributed by atoms with Gasteiger partial charge in [0.05, 0.1) is 6.20 Å². The minimum atomic E-state index is 0.00604. The summed E-state index contributed by atoms with van der Waals surface area (Å²) in [6.45, 7) is 4.81. The van der Waals surface area contributed by atoms with E-state index in [2.05, 4.69) is 35.2 Å². The molecule has 0 spiro atoms. The van der Waals surface area contributed by atoms with Gasteiger partial charge in [-0.15, -0.1) is 0 Å². The van der Waals surface area contributed by atoms with Crippen molar-refractivity contribution in [1.29, 1.82) is 0 Å². The van der Waals surface area contributed by atoms with Crippen LogP contribution in [0.3, 0.4) is 0 Å². The van der Waals surface area contributed by atoms with E-state index in [9.17, 15) is 9.59 Å². The van der Waals surface area contributed by atoms with E-state index in [1.165, 1.54) is 25.6 Å². The number of fused-ring (bicyclic) bond motifs is 5. The van der Waals surface area contributed by atoms with Crippen LogP contribution in [0.25, 0.3) is 0 Å². The Morgan fingerprint density at radius 2 is 2.03 bits per heavy atom. The lowest BCUT2D eigenvalue weighted by atomic mass is 9.47. The molecule has 0 aromatic carbocycles. The first-order valence-corrected chi connectivity index (χ1v) is 12.1. The van der Waals surface area contributed by atoms with Crippen molar-refractivity contribution < 1.29 is 9.59 Å². The molecule has 4 aliphatic rings. The maximum Gasteiger partial charge on any atom is 0.246 e. The molecule has 2 amide bonds. The van der Waals surface area contributed by atoms with Crippen LogP contribution in [0.5, 0.6) is 0 Å². The van der Waals surface area contributed by atoms with Crippen molar-refractivity contribution in [1.82, 2.24) is 14.9 Å². The first-order valence-electron chi connectivity index (χ1n) is 12.1. The Morgan fingerprint density at radius 3 is 2.81 bits per heavy atom. The molecule has 1 aliphatic heterocycles. The fourth-order valence-corrected chi connectivity index (χ4v) is 8.04. The maximum atomic E-state index is 12.9. The minimum Gasteiger partial charge on any atom is -0.382 e. The molecule has 172 valence electrons. The number of nitrogen functional groups attached to an aromatic ring is 1. The number of nitrogens with zero attached hydrogens (tertiary/aromatic N) is 3. The molecule has 3 N–H and O–H groups in total. The van der Waals surface area contributed by atoms with E-state index < -0.39 is 0 Å². The summed E-state index contributed by atoms with van der Waals surface area (Å²) < 4.78 is 0. The van der Waals surface area contributed by atoms with Crippen molar-refractivity contribution in [3.8, 4) is 0 Å². The van der Waals surface area contributed by atoms with Gasteiger partial charge in [-0.25, -0.2) is 9.97 Å². The highest BCUT2D eigenvalue weighted by atomic mass is 16.2. The molecule has 7 atom stereocenters. The zero-order chi connectivity index (χ0) is 22.7. The number of carbonyl (C=O) groups is 2. The van der Waals surface area contributed by atoms with Crippen LogP contribution in [-0.4, -0.2) is 39.8 Å². The summed E-state index contributed by atoms with van der Waals surface area (Å²) in [6.07, 6.45) is 14.4. The zero-order valence-corrected chi connectivity index (χ0v) is 19.4. The van der Waals surface area contributed by atoms with E-state index in [1.54, 1.807) is 12.3 Å². The van der Waals surface area contributed by atoms with Gasteiger partial charge in [0.15, 0.2) is 5.82 Å². The third kappa shape index (κ3) is 3.15. The van der Waals surface area contributed by atoms with Gasteiger partial charge < -0.3 is 16.0 Å². The monoisotopic (exact) mass is 437 g/mol. The fraction of sp³-hybridized carbons (Fsp3) is 0.680. The van der Waals surface area contributed by atoms with Crippen LogP contribution in [0.2, 0.25) is 0 Å². The molecule has 1 aromatic rings. The molecule has 0 saturated heterocycles. The van der Waals surface area contributed by atoms with Gasteiger partial charge in [0.1, 0.15) is 12.0 Å². The number of rotatable bonds is 3. The standard InChI is InChI=1S/C25H35N5O2/c1-24-10-8-18-16(5-7-20-25(18,2)11-9-22(32)30(20)3)17(24)6-4-15(24)12-21(31)29-19-13-27-14-28-23(19)26/h9,11,13-18,20H,4-8,10,12H2,1-3H3,(H,29,31)(H2,26,27,28)/t15-,16+,17+,18+,20-,24-,25-/m1/s1. The van der Waals surface area contributed by atoms with Crippen LogP contribution in [0, 0.1) is 34.5 Å². The van der Waals surface area contributed by atoms with Crippen LogP contribution in [0.4, 0.5) is 11.5 Å². The van der Waals surface area contributed by atoms with Crippen LogP contribution in [0.15, 0.2) is 24.7 Å². The summed E-state index contributed by atoms with van der Waals surface area (Å²) >= 11 is 0. The molecule has 5 rings (SSSR count). The maximum absolute atomic E-state index is 12.9. The van der Waals surface area contributed by atoms with Crippen LogP contribution in [0.1, 0.15) is 58.8 Å². The number of nitrogens with two attached hydrogens (primary N) is 1. The molecular weight excluding hydrogens is 402 g/mol. The van der Waals surface area contributed by atoms with E-state index in [-0.39, 0.29) is 22.6 Å². The van der Waals surface area contributed by atoms with E-state index in [4.69, 9.17) is 5.73 Å². The van der Waals surface area contributed by atoms with E-state index >= 15 is 0 Å². The van der Waals surface area contributed by atoms with Gasteiger partial charge >= 0.3 is 0 Å². The average molecular weight is 438 g/mol. The van der Waals surface area contributed by atoms with Gasteiger partial charge in [0.25, 0.3) is 0 Å². The summed E-state index contributed by atoms with van der Waals surface area (Å²) in [5, 5.41) is 2.92. The van der Waals surface area contributed by atoms with Crippen molar-refractivity contribution in [2.75, 3.05) is 18.1 Å². The number of hydrogen-bond donors (Lipinski definition) is 2. The van der Waals surface area contributed by atoms with Crippen molar-refractivity contribution in [2.45, 2.75) is 64.8 Å². The number of likely N-dealkylation sites (N-methyl/N-ethyl adjacent to an activating group) is 1. The molecular formula is C25H35N5O2. The zero-order valence-electron chi connectivity index (χ0n) is 19.4. The lowest BCUT2D eigenvalue weighted by molar-refractivity contribution is -0.139. The van der Waals surface area contributed by atoms with E-state index in [1.807, 2.05) is 11.9 Å². The second-order valence-corrected chi connectivity index (χ2v) is 11.0. The second kappa shape index (κ2) is 7.56. The fourth-order valence-electron chi connectivity index (χ4n) is 8.04. The number of nitrogens with one attached hydrogen (secondary N) is 1. The lowest BCUT2D eigenvalue weighted by Gasteiger charge is -2.60. The van der Waals surface area contributed by atoms with Crippen molar-refractivity contribution >= 4 is 23.3 Å². The average Bonchev–Trinajstić information content (AvgIpc) is 3.09. The molecule has 1 aromatic heterocycles. The van der Waals surface area contributed by atoms with Crippen LogP contribution in [-0.2, 0) is 9.59 Å². The molecule has 3 saturated carbocycles. The first kappa shape index (κ1) is 21.4. The summed E-state index contributed by atoms with van der Waals surface area (Å²) in [7, 11) is 1.97. The normalized spacial score (nSPS) is 40.4. The number of anilines is 2. The van der Waals surface area contributed by atoms with Gasteiger partial charge in [-0.1, -0.05) is 19.9 Å². The Bertz CT molecular complexity index is 963. The highest BCUT2D eigenvalue weighted by molar-refractivity contribution is 5.93. The molecule has 2 heterocycles. The predicted molar refractivity (Wildman–Crippen MR) is 123 cm³/mol. The molecule has 0 unspecified atom stereocenters. The van der Waals surface area contributed by atoms with Crippen molar-refractivity contribution in [3.05, 3.63) is 24.7 Å². The predicted octanol–water partition coefficient (Wildman–Crippen LogP) is 3.64. The summed E-state index contributed by atoms with van der Waals surface area (Å²) in [6, 6.07) is 0.312. The Kier molecular flexibility index (Phi) is 5.06. The smallest absolute Gasteiger partial charge is 0.246 e. The first-order chi connectivity index (χ1) is 15.2. The number of hydrogen-bond acceptors (Lipinski definition) is 5. The lowest BCUT2D eigenvalue weighted by Crippen LogP contribution is -2.59. The molecule has 3 fully saturated rings. The van der Waals surface area contributed by atoms with E-state index in [0.29, 0.717) is 47.6 Å². The summed E-state index contributed by atoms with van der Waals surface area (Å²) in [5.74, 6) is 2.77. The third-order valence-corrected chi connectivity index (χ3v) is 9.77. The number of amides is 2. The van der Waals surface area contributed by atoms with Gasteiger partial charge in [-0.3, -0.25) is 9.59 Å². The highest BCUT2D eigenvalue weighted by Gasteiger charge is 2.60. The summed E-state index contributed by atoms with van der Waals surface area (Å²) in [5.41, 5.74) is 6.62. The molecule has 3 aliphatic carbocycles. The second-order valence-electron chi connectivity index (χ2n) is 11.0. The van der Waals surface area contributed by atoms with Crippen LogP contribution >= 0.6 is 0 Å². The quantitative estimate of drug-likeness (QED) is 0.752. The molecule has 0 radical (unpaired) electrons. The Labute approximate surface area is 190 Å². The Morgan fingerprint density at radius 1 is 1.22 bits per heavy atom. The highest BCUT2D eigenvalue weighted by Crippen LogP contribution is 2.65. The Hall–Kier alpha value is -2.44. The van der Waals surface area contributed by atoms with Crippen molar-refractivity contribution in [3.63, 3.8) is 0 Å².